The first-order chi connectivity index (χ1) is 8.85. The van der Waals surface area contributed by atoms with E-state index in [9.17, 15) is 0 Å². The summed E-state index contributed by atoms with van der Waals surface area (Å²) in [5, 5.41) is 0. The Labute approximate surface area is 113 Å². The van der Waals surface area contributed by atoms with Gasteiger partial charge in [0.05, 0.1) is 0 Å². The third-order valence-electron chi connectivity index (χ3n) is 6.55. The Morgan fingerprint density at radius 3 is 2.56 bits per heavy atom. The Balaban J connectivity index is 1.78. The van der Waals surface area contributed by atoms with E-state index in [2.05, 4.69) is 19.6 Å². The molecule has 3 rings (SSSR count). The van der Waals surface area contributed by atoms with Crippen LogP contribution in [0.15, 0.2) is 12.7 Å². The van der Waals surface area contributed by atoms with Crippen LogP contribution in [0.5, 0.6) is 0 Å². The van der Waals surface area contributed by atoms with E-state index in [1.54, 1.807) is 25.7 Å². The average molecular weight is 246 g/mol. The fraction of sp³-hybridized carbons (Fsp3) is 0.889. The van der Waals surface area contributed by atoms with Crippen LogP contribution in [0.2, 0.25) is 0 Å². The van der Waals surface area contributed by atoms with Crippen LogP contribution >= 0.6 is 0 Å². The Bertz CT molecular complexity index is 292. The molecular weight excluding hydrogens is 216 g/mol. The standard InChI is InChI=1S/C18H30/c1-3-6-15-13(4-2)9-11-18-16-8-5-7-14(16)10-12-17(15)18/h4,13-18H,2-3,5-12H2,1H3. The Morgan fingerprint density at radius 2 is 1.78 bits per heavy atom. The zero-order valence-corrected chi connectivity index (χ0v) is 12.1. The van der Waals surface area contributed by atoms with E-state index in [1.807, 2.05) is 0 Å². The van der Waals surface area contributed by atoms with Crippen molar-refractivity contribution >= 4 is 0 Å². The van der Waals surface area contributed by atoms with Gasteiger partial charge in [-0.3, -0.25) is 0 Å². The van der Waals surface area contributed by atoms with Gasteiger partial charge in [0.25, 0.3) is 0 Å². The lowest BCUT2D eigenvalue weighted by molar-refractivity contribution is 0.00746. The molecule has 0 radical (unpaired) electrons. The van der Waals surface area contributed by atoms with Gasteiger partial charge in [-0.05, 0) is 74.0 Å². The number of hydrogen-bond acceptors (Lipinski definition) is 0. The molecule has 0 aromatic heterocycles. The molecule has 102 valence electrons. The summed E-state index contributed by atoms with van der Waals surface area (Å²) in [5.41, 5.74) is 0. The molecular formula is C18H30. The third-order valence-corrected chi connectivity index (χ3v) is 6.55. The van der Waals surface area contributed by atoms with Crippen LogP contribution in [0.25, 0.3) is 0 Å². The minimum absolute atomic E-state index is 0.837. The summed E-state index contributed by atoms with van der Waals surface area (Å²) >= 11 is 0. The fourth-order valence-electron chi connectivity index (χ4n) is 5.86. The third kappa shape index (κ3) is 2.06. The van der Waals surface area contributed by atoms with Gasteiger partial charge >= 0.3 is 0 Å². The normalized spacial score (nSPS) is 47.4. The molecule has 3 aliphatic carbocycles. The van der Waals surface area contributed by atoms with Gasteiger partial charge in [-0.1, -0.05) is 32.3 Å². The molecule has 6 atom stereocenters. The number of allylic oxidation sites excluding steroid dienone is 1. The fourth-order valence-corrected chi connectivity index (χ4v) is 5.86. The minimum Gasteiger partial charge on any atom is -0.103 e. The van der Waals surface area contributed by atoms with Crippen LogP contribution in [0.1, 0.15) is 64.7 Å². The minimum atomic E-state index is 0.837. The van der Waals surface area contributed by atoms with Crippen molar-refractivity contribution in [3.8, 4) is 0 Å². The lowest BCUT2D eigenvalue weighted by atomic mass is 9.55. The molecule has 3 saturated carbocycles. The molecule has 3 fully saturated rings. The molecule has 0 amide bonds. The molecule has 3 aliphatic rings. The molecule has 0 saturated heterocycles. The van der Waals surface area contributed by atoms with Crippen molar-refractivity contribution in [1.29, 1.82) is 0 Å². The molecule has 0 aliphatic heterocycles. The lowest BCUT2D eigenvalue weighted by Gasteiger charge is -2.50. The highest BCUT2D eigenvalue weighted by molar-refractivity contribution is 5.00. The van der Waals surface area contributed by atoms with Crippen molar-refractivity contribution in [2.75, 3.05) is 0 Å². The topological polar surface area (TPSA) is 0 Å². The summed E-state index contributed by atoms with van der Waals surface area (Å²) in [6, 6.07) is 0. The van der Waals surface area contributed by atoms with E-state index in [4.69, 9.17) is 0 Å². The Kier molecular flexibility index (Phi) is 3.82. The van der Waals surface area contributed by atoms with Crippen molar-refractivity contribution < 1.29 is 0 Å². The summed E-state index contributed by atoms with van der Waals surface area (Å²) in [4.78, 5) is 0. The maximum absolute atomic E-state index is 4.12. The second-order valence-electron chi connectivity index (χ2n) is 7.19. The highest BCUT2D eigenvalue weighted by Gasteiger charge is 2.47. The summed E-state index contributed by atoms with van der Waals surface area (Å²) in [5.74, 6) is 6.21. The van der Waals surface area contributed by atoms with E-state index < -0.39 is 0 Å². The van der Waals surface area contributed by atoms with Crippen LogP contribution in [-0.4, -0.2) is 0 Å². The van der Waals surface area contributed by atoms with Crippen LogP contribution in [0.4, 0.5) is 0 Å². The molecule has 0 heterocycles. The summed E-state index contributed by atoms with van der Waals surface area (Å²) < 4.78 is 0. The first kappa shape index (κ1) is 12.8. The smallest absolute Gasteiger partial charge is 0.0205 e. The van der Waals surface area contributed by atoms with Crippen LogP contribution < -0.4 is 0 Å². The summed E-state index contributed by atoms with van der Waals surface area (Å²) in [7, 11) is 0. The summed E-state index contributed by atoms with van der Waals surface area (Å²) in [6.45, 7) is 6.49. The maximum Gasteiger partial charge on any atom is -0.0205 e. The van der Waals surface area contributed by atoms with Gasteiger partial charge in [0.15, 0.2) is 0 Å². The second kappa shape index (κ2) is 5.39. The maximum atomic E-state index is 4.12. The van der Waals surface area contributed by atoms with E-state index in [1.165, 1.54) is 32.1 Å². The van der Waals surface area contributed by atoms with Crippen LogP contribution in [0, 0.1) is 35.5 Å². The van der Waals surface area contributed by atoms with Gasteiger partial charge < -0.3 is 0 Å². The highest BCUT2D eigenvalue weighted by atomic mass is 14.5. The van der Waals surface area contributed by atoms with Crippen molar-refractivity contribution in [2.45, 2.75) is 64.7 Å². The van der Waals surface area contributed by atoms with Crippen molar-refractivity contribution in [2.24, 2.45) is 35.5 Å². The zero-order valence-electron chi connectivity index (χ0n) is 12.1. The number of rotatable bonds is 3. The van der Waals surface area contributed by atoms with Gasteiger partial charge in [0.2, 0.25) is 0 Å². The van der Waals surface area contributed by atoms with E-state index in [-0.39, 0.29) is 0 Å². The molecule has 0 aromatic carbocycles. The zero-order chi connectivity index (χ0) is 12.5. The Hall–Kier alpha value is -0.260. The van der Waals surface area contributed by atoms with E-state index in [0.717, 1.165) is 35.5 Å². The molecule has 0 bridgehead atoms. The second-order valence-corrected chi connectivity index (χ2v) is 7.19. The van der Waals surface area contributed by atoms with E-state index in [0.29, 0.717) is 0 Å². The van der Waals surface area contributed by atoms with Gasteiger partial charge in [0.1, 0.15) is 0 Å². The lowest BCUT2D eigenvalue weighted by Crippen LogP contribution is -2.41. The predicted octanol–water partition coefficient (Wildman–Crippen LogP) is 5.44. The van der Waals surface area contributed by atoms with Crippen molar-refractivity contribution in [3.05, 3.63) is 12.7 Å². The monoisotopic (exact) mass is 246 g/mol. The summed E-state index contributed by atoms with van der Waals surface area (Å²) in [6.07, 6.45) is 15.8. The molecule has 6 unspecified atom stereocenters. The van der Waals surface area contributed by atoms with Crippen LogP contribution in [0.3, 0.4) is 0 Å². The quantitative estimate of drug-likeness (QED) is 0.582. The molecule has 0 nitrogen and oxygen atoms in total. The molecule has 0 heteroatoms. The van der Waals surface area contributed by atoms with Gasteiger partial charge in [0, 0.05) is 0 Å². The highest BCUT2D eigenvalue weighted by Crippen LogP contribution is 2.56. The predicted molar refractivity (Wildman–Crippen MR) is 78.4 cm³/mol. The largest absolute Gasteiger partial charge is 0.103 e. The first-order valence-corrected chi connectivity index (χ1v) is 8.47. The van der Waals surface area contributed by atoms with E-state index >= 15 is 0 Å². The molecule has 18 heavy (non-hydrogen) atoms. The Morgan fingerprint density at radius 1 is 0.944 bits per heavy atom. The van der Waals surface area contributed by atoms with Crippen LogP contribution in [-0.2, 0) is 0 Å². The van der Waals surface area contributed by atoms with Crippen molar-refractivity contribution in [1.82, 2.24) is 0 Å². The van der Waals surface area contributed by atoms with Gasteiger partial charge in [-0.2, -0.15) is 0 Å². The number of fused-ring (bicyclic) bond motifs is 3. The molecule has 0 N–H and O–H groups in total. The SMILES string of the molecule is C=CC1CCC2C3CCCC3CCC2C1CCC. The molecule has 0 aromatic rings. The molecule has 0 spiro atoms. The van der Waals surface area contributed by atoms with Gasteiger partial charge in [-0.15, -0.1) is 6.58 Å². The van der Waals surface area contributed by atoms with Gasteiger partial charge in [-0.25, -0.2) is 0 Å². The number of hydrogen-bond donors (Lipinski definition) is 0. The van der Waals surface area contributed by atoms with Crippen molar-refractivity contribution in [3.63, 3.8) is 0 Å². The average Bonchev–Trinajstić information content (AvgIpc) is 2.87. The first-order valence-electron chi connectivity index (χ1n) is 8.47.